The van der Waals surface area contributed by atoms with Crippen molar-refractivity contribution in [3.63, 3.8) is 0 Å². The molecule has 0 amide bonds. The highest BCUT2D eigenvalue weighted by atomic mass is 35.5. The largest absolute Gasteiger partial charge is 0.493 e. The van der Waals surface area contributed by atoms with E-state index in [9.17, 15) is 13.2 Å². The Hall–Kier alpha value is -3.13. The second-order valence-electron chi connectivity index (χ2n) is 5.93. The van der Waals surface area contributed by atoms with Crippen LogP contribution in [0.4, 0.5) is 19.0 Å². The van der Waals surface area contributed by atoms with Crippen molar-refractivity contribution in [2.75, 3.05) is 12.8 Å². The van der Waals surface area contributed by atoms with Crippen molar-refractivity contribution < 1.29 is 27.4 Å². The van der Waals surface area contributed by atoms with Crippen molar-refractivity contribution in [1.82, 2.24) is 4.98 Å². The Morgan fingerprint density at radius 2 is 1.72 bits per heavy atom. The first kappa shape index (κ1) is 20.6. The zero-order valence-corrected chi connectivity index (χ0v) is 15.9. The Balaban J connectivity index is 1.71. The van der Waals surface area contributed by atoms with E-state index in [0.717, 1.165) is 12.1 Å². The van der Waals surface area contributed by atoms with Crippen LogP contribution in [0.15, 0.2) is 54.7 Å². The molecule has 5 nitrogen and oxygen atoms in total. The van der Waals surface area contributed by atoms with Crippen LogP contribution >= 0.6 is 11.6 Å². The standard InChI is InChI=1S/C20H16ClF3N2O3/c1-27-17-9-15(29-18-8-14(21)10-26-19(18)25)6-7-16(17)28-11-12-2-4-13(5-3-12)20(22,23)24/h2-10H,11H2,1H3,(H2,25,26). The number of halogens is 4. The van der Waals surface area contributed by atoms with Gasteiger partial charge in [0, 0.05) is 18.3 Å². The van der Waals surface area contributed by atoms with Crippen molar-refractivity contribution in [3.8, 4) is 23.0 Å². The molecule has 29 heavy (non-hydrogen) atoms. The molecule has 0 bridgehead atoms. The zero-order chi connectivity index (χ0) is 21.0. The van der Waals surface area contributed by atoms with E-state index in [2.05, 4.69) is 4.98 Å². The predicted octanol–water partition coefficient (Wildman–Crippen LogP) is 5.72. The summed E-state index contributed by atoms with van der Waals surface area (Å²) in [4.78, 5) is 3.91. The lowest BCUT2D eigenvalue weighted by atomic mass is 10.1. The van der Waals surface area contributed by atoms with Crippen molar-refractivity contribution in [3.05, 3.63) is 70.9 Å². The Morgan fingerprint density at radius 1 is 1.00 bits per heavy atom. The van der Waals surface area contributed by atoms with E-state index in [-0.39, 0.29) is 18.2 Å². The maximum Gasteiger partial charge on any atom is 0.416 e. The number of aromatic nitrogens is 1. The fraction of sp³-hybridized carbons (Fsp3) is 0.150. The van der Waals surface area contributed by atoms with Gasteiger partial charge in [0.1, 0.15) is 12.4 Å². The van der Waals surface area contributed by atoms with Crippen LogP contribution in [-0.2, 0) is 12.8 Å². The summed E-state index contributed by atoms with van der Waals surface area (Å²) >= 11 is 5.90. The summed E-state index contributed by atoms with van der Waals surface area (Å²) in [7, 11) is 1.46. The van der Waals surface area contributed by atoms with Gasteiger partial charge in [-0.3, -0.25) is 0 Å². The molecule has 0 aliphatic rings. The zero-order valence-electron chi connectivity index (χ0n) is 15.2. The number of benzene rings is 2. The number of hydrogen-bond donors (Lipinski definition) is 1. The lowest BCUT2D eigenvalue weighted by Gasteiger charge is -2.14. The molecule has 0 fully saturated rings. The van der Waals surface area contributed by atoms with E-state index < -0.39 is 11.7 Å². The molecule has 0 spiro atoms. The predicted molar refractivity (Wildman–Crippen MR) is 103 cm³/mol. The molecule has 3 rings (SSSR count). The fourth-order valence-electron chi connectivity index (χ4n) is 2.42. The number of hydrogen-bond acceptors (Lipinski definition) is 5. The Morgan fingerprint density at radius 3 is 2.38 bits per heavy atom. The van der Waals surface area contributed by atoms with Gasteiger partial charge in [0.15, 0.2) is 23.1 Å². The molecule has 0 radical (unpaired) electrons. The lowest BCUT2D eigenvalue weighted by Crippen LogP contribution is -2.05. The number of ether oxygens (including phenoxy) is 3. The summed E-state index contributed by atoms with van der Waals surface area (Å²) in [5.74, 6) is 1.66. The fourth-order valence-corrected chi connectivity index (χ4v) is 2.57. The second-order valence-corrected chi connectivity index (χ2v) is 6.37. The van der Waals surface area contributed by atoms with Gasteiger partial charge in [0.2, 0.25) is 0 Å². The van der Waals surface area contributed by atoms with Crippen LogP contribution < -0.4 is 19.9 Å². The molecular weight excluding hydrogens is 409 g/mol. The molecule has 0 saturated carbocycles. The van der Waals surface area contributed by atoms with E-state index >= 15 is 0 Å². The molecule has 2 aromatic carbocycles. The second kappa shape index (κ2) is 8.48. The van der Waals surface area contributed by atoms with Crippen LogP contribution in [0.25, 0.3) is 0 Å². The molecule has 0 atom stereocenters. The van der Waals surface area contributed by atoms with E-state index in [1.54, 1.807) is 18.2 Å². The van der Waals surface area contributed by atoms with Gasteiger partial charge >= 0.3 is 6.18 Å². The molecule has 0 unspecified atom stereocenters. The third-order valence-corrected chi connectivity index (χ3v) is 4.09. The maximum atomic E-state index is 12.6. The highest BCUT2D eigenvalue weighted by Crippen LogP contribution is 2.36. The summed E-state index contributed by atoms with van der Waals surface area (Å²) < 4.78 is 54.5. The Labute approximate surface area is 169 Å². The lowest BCUT2D eigenvalue weighted by molar-refractivity contribution is -0.137. The molecule has 0 saturated heterocycles. The average molecular weight is 425 g/mol. The summed E-state index contributed by atoms with van der Waals surface area (Å²) in [5.41, 5.74) is 5.63. The topological polar surface area (TPSA) is 66.6 Å². The van der Waals surface area contributed by atoms with Crippen molar-refractivity contribution >= 4 is 17.4 Å². The number of pyridine rings is 1. The molecule has 152 valence electrons. The SMILES string of the molecule is COc1cc(Oc2cc(Cl)cnc2N)ccc1OCc1ccc(C(F)(F)F)cc1. The molecular formula is C20H16ClF3N2O3. The highest BCUT2D eigenvalue weighted by Gasteiger charge is 2.29. The third kappa shape index (κ3) is 5.23. The van der Waals surface area contributed by atoms with Crippen LogP contribution in [0.3, 0.4) is 0 Å². The summed E-state index contributed by atoms with van der Waals surface area (Å²) in [6, 6.07) is 11.1. The van der Waals surface area contributed by atoms with Crippen molar-refractivity contribution in [2.45, 2.75) is 12.8 Å². The average Bonchev–Trinajstić information content (AvgIpc) is 2.69. The minimum atomic E-state index is -4.37. The number of alkyl halides is 3. The maximum absolute atomic E-state index is 12.6. The van der Waals surface area contributed by atoms with Gasteiger partial charge < -0.3 is 19.9 Å². The first-order valence-corrected chi connectivity index (χ1v) is 8.70. The minimum Gasteiger partial charge on any atom is -0.493 e. The van der Waals surface area contributed by atoms with Crippen molar-refractivity contribution in [2.24, 2.45) is 0 Å². The summed E-state index contributed by atoms with van der Waals surface area (Å²) in [6.07, 6.45) is -2.97. The van der Waals surface area contributed by atoms with Crippen LogP contribution in [0.1, 0.15) is 11.1 Å². The normalized spacial score (nSPS) is 11.2. The van der Waals surface area contributed by atoms with Gasteiger partial charge in [-0.1, -0.05) is 23.7 Å². The van der Waals surface area contributed by atoms with Crippen LogP contribution in [-0.4, -0.2) is 12.1 Å². The highest BCUT2D eigenvalue weighted by molar-refractivity contribution is 6.30. The molecule has 3 aromatic rings. The number of nitrogens with two attached hydrogens (primary N) is 1. The van der Waals surface area contributed by atoms with Crippen LogP contribution in [0.5, 0.6) is 23.0 Å². The van der Waals surface area contributed by atoms with E-state index in [0.29, 0.717) is 27.8 Å². The van der Waals surface area contributed by atoms with Gasteiger partial charge in [-0.05, 0) is 29.8 Å². The van der Waals surface area contributed by atoms with Gasteiger partial charge in [-0.15, -0.1) is 0 Å². The van der Waals surface area contributed by atoms with E-state index in [1.807, 2.05) is 0 Å². The Kier molecular flexibility index (Phi) is 6.03. The van der Waals surface area contributed by atoms with Gasteiger partial charge in [0.25, 0.3) is 0 Å². The first-order valence-electron chi connectivity index (χ1n) is 8.32. The van der Waals surface area contributed by atoms with Crippen molar-refractivity contribution in [1.29, 1.82) is 0 Å². The molecule has 1 heterocycles. The number of methoxy groups -OCH3 is 1. The van der Waals surface area contributed by atoms with Gasteiger partial charge in [-0.2, -0.15) is 13.2 Å². The molecule has 0 aliphatic heterocycles. The monoisotopic (exact) mass is 424 g/mol. The van der Waals surface area contributed by atoms with Gasteiger partial charge in [-0.25, -0.2) is 4.98 Å². The summed E-state index contributed by atoms with van der Waals surface area (Å²) in [6.45, 7) is 0.0693. The molecule has 2 N–H and O–H groups in total. The number of rotatable bonds is 6. The van der Waals surface area contributed by atoms with E-state index in [1.165, 1.54) is 31.5 Å². The minimum absolute atomic E-state index is 0.0693. The number of nitrogen functional groups attached to an aromatic ring is 1. The van der Waals surface area contributed by atoms with Gasteiger partial charge in [0.05, 0.1) is 17.7 Å². The quantitative estimate of drug-likeness (QED) is 0.548. The number of nitrogens with zero attached hydrogens (tertiary/aromatic N) is 1. The summed E-state index contributed by atoms with van der Waals surface area (Å²) in [5, 5.41) is 0.373. The first-order chi connectivity index (χ1) is 13.8. The van der Waals surface area contributed by atoms with E-state index in [4.69, 9.17) is 31.5 Å². The number of anilines is 1. The molecule has 0 aliphatic carbocycles. The molecule has 1 aromatic heterocycles. The van der Waals surface area contributed by atoms with Crippen LogP contribution in [0.2, 0.25) is 5.02 Å². The smallest absolute Gasteiger partial charge is 0.416 e. The van der Waals surface area contributed by atoms with Crippen LogP contribution in [0, 0.1) is 0 Å². The third-order valence-electron chi connectivity index (χ3n) is 3.89. The Bertz CT molecular complexity index is 995. The molecule has 9 heteroatoms.